The Morgan fingerprint density at radius 3 is 2.93 bits per heavy atom. The number of aromatic nitrogens is 2. The molecule has 0 aliphatic heterocycles. The Kier molecular flexibility index (Phi) is 5.49. The van der Waals surface area contributed by atoms with Crippen LogP contribution in [0.15, 0.2) is 6.33 Å². The van der Waals surface area contributed by atoms with Crippen molar-refractivity contribution in [2.75, 3.05) is 6.54 Å². The maximum absolute atomic E-state index is 5.65. The number of halogens is 2. The van der Waals surface area contributed by atoms with Gasteiger partial charge in [-0.1, -0.05) is 0 Å². The first-order valence-electron chi connectivity index (χ1n) is 4.50. The Hall–Kier alpha value is -0.250. The normalized spacial score (nSPS) is 19.1. The first-order chi connectivity index (χ1) is 5.81. The number of aryl methyl sites for hydroxylation is 2. The zero-order chi connectivity index (χ0) is 8.55. The lowest BCUT2D eigenvalue weighted by atomic mass is 9.90. The quantitative estimate of drug-likeness (QED) is 0.802. The van der Waals surface area contributed by atoms with E-state index in [0.29, 0.717) is 5.92 Å². The first kappa shape index (κ1) is 13.8. The Morgan fingerprint density at radius 2 is 2.29 bits per heavy atom. The molecule has 2 rings (SSSR count). The highest BCUT2D eigenvalue weighted by atomic mass is 35.5. The van der Waals surface area contributed by atoms with E-state index in [-0.39, 0.29) is 24.8 Å². The van der Waals surface area contributed by atoms with Gasteiger partial charge in [-0.2, -0.15) is 0 Å². The summed E-state index contributed by atoms with van der Waals surface area (Å²) in [5, 5.41) is 0. The Morgan fingerprint density at radius 1 is 1.57 bits per heavy atom. The summed E-state index contributed by atoms with van der Waals surface area (Å²) in [6.45, 7) is 0.810. The van der Waals surface area contributed by atoms with Crippen molar-refractivity contribution >= 4 is 24.8 Å². The van der Waals surface area contributed by atoms with Crippen molar-refractivity contribution < 1.29 is 0 Å². The van der Waals surface area contributed by atoms with Crippen molar-refractivity contribution in [3.05, 3.63) is 17.7 Å². The van der Waals surface area contributed by atoms with Gasteiger partial charge in [0.2, 0.25) is 0 Å². The number of imidazole rings is 1. The second-order valence-electron chi connectivity index (χ2n) is 3.59. The molecule has 0 spiro atoms. The summed E-state index contributed by atoms with van der Waals surface area (Å²) in [7, 11) is 2.06. The fourth-order valence-electron chi connectivity index (χ4n) is 1.89. The van der Waals surface area contributed by atoms with Crippen molar-refractivity contribution in [3.63, 3.8) is 0 Å². The lowest BCUT2D eigenvalue weighted by Gasteiger charge is -2.20. The van der Waals surface area contributed by atoms with Gasteiger partial charge in [-0.3, -0.25) is 0 Å². The number of nitrogens with zero attached hydrogens (tertiary/aromatic N) is 2. The van der Waals surface area contributed by atoms with Gasteiger partial charge in [0.1, 0.15) is 0 Å². The molecule has 0 saturated carbocycles. The fourth-order valence-corrected chi connectivity index (χ4v) is 1.89. The van der Waals surface area contributed by atoms with Crippen molar-refractivity contribution in [1.29, 1.82) is 0 Å². The molecule has 5 heteroatoms. The summed E-state index contributed by atoms with van der Waals surface area (Å²) >= 11 is 0. The summed E-state index contributed by atoms with van der Waals surface area (Å²) in [5.41, 5.74) is 8.32. The zero-order valence-corrected chi connectivity index (χ0v) is 9.90. The SMILES string of the molecule is Cl.Cl.Cn1cnc2c1CC(CN)CC2. The van der Waals surface area contributed by atoms with E-state index in [9.17, 15) is 0 Å². The molecule has 82 valence electrons. The van der Waals surface area contributed by atoms with Gasteiger partial charge in [0.25, 0.3) is 0 Å². The standard InChI is InChI=1S/C9H15N3.2ClH/c1-12-6-11-8-3-2-7(5-10)4-9(8)12;;/h6-7H,2-5,10H2,1H3;2*1H. The molecule has 14 heavy (non-hydrogen) atoms. The third-order valence-electron chi connectivity index (χ3n) is 2.75. The number of hydrogen-bond acceptors (Lipinski definition) is 2. The highest BCUT2D eigenvalue weighted by Gasteiger charge is 2.20. The molecule has 0 bridgehead atoms. The van der Waals surface area contributed by atoms with Crippen molar-refractivity contribution in [2.45, 2.75) is 19.3 Å². The number of rotatable bonds is 1. The molecular formula is C9H17Cl2N3. The van der Waals surface area contributed by atoms with Gasteiger partial charge < -0.3 is 10.3 Å². The van der Waals surface area contributed by atoms with Gasteiger partial charge in [0.05, 0.1) is 12.0 Å². The molecule has 1 aromatic heterocycles. The van der Waals surface area contributed by atoms with E-state index in [1.807, 2.05) is 6.33 Å². The molecule has 1 aliphatic rings. The summed E-state index contributed by atoms with van der Waals surface area (Å²) in [6, 6.07) is 0. The van der Waals surface area contributed by atoms with Crippen LogP contribution in [-0.2, 0) is 19.9 Å². The molecule has 0 saturated heterocycles. The minimum atomic E-state index is 0. The fraction of sp³-hybridized carbons (Fsp3) is 0.667. The molecule has 0 aromatic carbocycles. The van der Waals surface area contributed by atoms with E-state index < -0.39 is 0 Å². The summed E-state index contributed by atoms with van der Waals surface area (Å²) in [6.07, 6.45) is 5.34. The van der Waals surface area contributed by atoms with Crippen LogP contribution in [0.4, 0.5) is 0 Å². The van der Waals surface area contributed by atoms with Gasteiger partial charge in [-0.15, -0.1) is 24.8 Å². The van der Waals surface area contributed by atoms with E-state index in [4.69, 9.17) is 5.73 Å². The van der Waals surface area contributed by atoms with Gasteiger partial charge in [0.15, 0.2) is 0 Å². The summed E-state index contributed by atoms with van der Waals surface area (Å²) in [5.74, 6) is 0.674. The summed E-state index contributed by atoms with van der Waals surface area (Å²) < 4.78 is 2.12. The van der Waals surface area contributed by atoms with Crippen LogP contribution in [-0.4, -0.2) is 16.1 Å². The molecule has 0 radical (unpaired) electrons. The van der Waals surface area contributed by atoms with Crippen LogP contribution in [0.25, 0.3) is 0 Å². The second kappa shape index (κ2) is 5.59. The molecule has 1 unspecified atom stereocenters. The number of hydrogen-bond donors (Lipinski definition) is 1. The highest BCUT2D eigenvalue weighted by molar-refractivity contribution is 5.85. The molecule has 2 N–H and O–H groups in total. The van der Waals surface area contributed by atoms with Crippen LogP contribution in [0, 0.1) is 5.92 Å². The first-order valence-corrected chi connectivity index (χ1v) is 4.50. The van der Waals surface area contributed by atoms with Gasteiger partial charge in [0, 0.05) is 12.7 Å². The molecule has 1 heterocycles. The lowest BCUT2D eigenvalue weighted by Crippen LogP contribution is -2.23. The third kappa shape index (κ3) is 2.41. The Bertz CT molecular complexity index is 286. The molecule has 0 amide bonds. The van der Waals surface area contributed by atoms with E-state index in [2.05, 4.69) is 16.6 Å². The molecule has 0 fully saturated rings. The summed E-state index contributed by atoms with van der Waals surface area (Å²) in [4.78, 5) is 4.35. The van der Waals surface area contributed by atoms with Crippen molar-refractivity contribution in [3.8, 4) is 0 Å². The average molecular weight is 238 g/mol. The van der Waals surface area contributed by atoms with E-state index >= 15 is 0 Å². The van der Waals surface area contributed by atoms with Crippen LogP contribution in [0.1, 0.15) is 17.8 Å². The molecule has 1 aliphatic carbocycles. The van der Waals surface area contributed by atoms with Crippen LogP contribution in [0.3, 0.4) is 0 Å². The van der Waals surface area contributed by atoms with Crippen LogP contribution < -0.4 is 5.73 Å². The van der Waals surface area contributed by atoms with Gasteiger partial charge >= 0.3 is 0 Å². The zero-order valence-electron chi connectivity index (χ0n) is 8.27. The second-order valence-corrected chi connectivity index (χ2v) is 3.59. The van der Waals surface area contributed by atoms with Crippen LogP contribution in [0.2, 0.25) is 0 Å². The molecule has 1 aromatic rings. The smallest absolute Gasteiger partial charge is 0.0949 e. The minimum Gasteiger partial charge on any atom is -0.337 e. The van der Waals surface area contributed by atoms with Crippen LogP contribution in [0.5, 0.6) is 0 Å². The van der Waals surface area contributed by atoms with Crippen molar-refractivity contribution in [2.24, 2.45) is 18.7 Å². The van der Waals surface area contributed by atoms with Gasteiger partial charge in [-0.05, 0) is 31.7 Å². The Labute approximate surface area is 96.9 Å². The predicted octanol–water partition coefficient (Wildman–Crippen LogP) is 1.33. The highest BCUT2D eigenvalue weighted by Crippen LogP contribution is 2.23. The number of nitrogens with two attached hydrogens (primary N) is 1. The van der Waals surface area contributed by atoms with E-state index in [1.165, 1.54) is 17.8 Å². The van der Waals surface area contributed by atoms with Gasteiger partial charge in [-0.25, -0.2) is 4.98 Å². The van der Waals surface area contributed by atoms with E-state index in [1.54, 1.807) is 0 Å². The predicted molar refractivity (Wildman–Crippen MR) is 62.3 cm³/mol. The van der Waals surface area contributed by atoms with Crippen molar-refractivity contribution in [1.82, 2.24) is 9.55 Å². The van der Waals surface area contributed by atoms with E-state index in [0.717, 1.165) is 19.4 Å². The lowest BCUT2D eigenvalue weighted by molar-refractivity contribution is 0.453. The Balaban J connectivity index is 0.000000845. The maximum atomic E-state index is 5.65. The molecule has 1 atom stereocenters. The molecule has 3 nitrogen and oxygen atoms in total. The maximum Gasteiger partial charge on any atom is 0.0949 e. The van der Waals surface area contributed by atoms with Crippen LogP contribution >= 0.6 is 24.8 Å². The average Bonchev–Trinajstić information content (AvgIpc) is 2.47. The number of fused-ring (bicyclic) bond motifs is 1. The topological polar surface area (TPSA) is 43.8 Å². The largest absolute Gasteiger partial charge is 0.337 e. The monoisotopic (exact) mass is 237 g/mol. The molecular weight excluding hydrogens is 221 g/mol. The third-order valence-corrected chi connectivity index (χ3v) is 2.75. The minimum absolute atomic E-state index is 0.